The van der Waals surface area contributed by atoms with E-state index in [9.17, 15) is 0 Å². The van der Waals surface area contributed by atoms with Gasteiger partial charge in [-0.1, -0.05) is 41.9 Å². The fourth-order valence-corrected chi connectivity index (χ4v) is 5.16. The van der Waals surface area contributed by atoms with Gasteiger partial charge in [0.25, 0.3) is 0 Å². The molecule has 0 amide bonds. The Labute approximate surface area is 196 Å². The van der Waals surface area contributed by atoms with Crippen LogP contribution in [0.25, 0.3) is 10.9 Å². The monoisotopic (exact) mass is 456 g/mol. The molecule has 4 nitrogen and oxygen atoms in total. The Hall–Kier alpha value is -1.85. The molecule has 0 bridgehead atoms. The van der Waals surface area contributed by atoms with Crippen molar-refractivity contribution in [1.82, 2.24) is 14.8 Å². The summed E-state index contributed by atoms with van der Waals surface area (Å²) >= 11 is 6.15. The Balaban J connectivity index is 0.00000231. The number of aromatic nitrogens is 1. The lowest BCUT2D eigenvalue weighted by Crippen LogP contribution is -2.53. The molecule has 3 heterocycles. The van der Waals surface area contributed by atoms with Gasteiger partial charge in [0, 0.05) is 61.1 Å². The predicted molar refractivity (Wildman–Crippen MR) is 133 cm³/mol. The van der Waals surface area contributed by atoms with Gasteiger partial charge < -0.3 is 4.90 Å². The summed E-state index contributed by atoms with van der Waals surface area (Å²) in [5, 5.41) is 1.94. The summed E-state index contributed by atoms with van der Waals surface area (Å²) in [7, 11) is 0. The molecule has 2 aliphatic rings. The predicted octanol–water partition coefficient (Wildman–Crippen LogP) is 5.10. The normalized spacial score (nSPS) is 18.8. The van der Waals surface area contributed by atoms with E-state index in [4.69, 9.17) is 11.6 Å². The Morgan fingerprint density at radius 2 is 1.61 bits per heavy atom. The van der Waals surface area contributed by atoms with Crippen molar-refractivity contribution in [1.29, 1.82) is 0 Å². The molecule has 31 heavy (non-hydrogen) atoms. The number of likely N-dealkylation sites (tertiary alicyclic amines) is 1. The first kappa shape index (κ1) is 22.3. The number of piperidine rings is 1. The summed E-state index contributed by atoms with van der Waals surface area (Å²) < 4.78 is 0. The molecule has 3 aromatic rings. The maximum Gasteiger partial charge on any atom is 0.0737 e. The van der Waals surface area contributed by atoms with E-state index in [1.165, 1.54) is 42.6 Å². The maximum absolute atomic E-state index is 6.15. The van der Waals surface area contributed by atoms with Crippen molar-refractivity contribution in [2.45, 2.75) is 25.4 Å². The van der Waals surface area contributed by atoms with E-state index in [2.05, 4.69) is 62.1 Å². The second-order valence-electron chi connectivity index (χ2n) is 8.51. The zero-order chi connectivity index (χ0) is 20.3. The van der Waals surface area contributed by atoms with Crippen LogP contribution in [0.2, 0.25) is 5.02 Å². The third-order valence-electron chi connectivity index (χ3n) is 6.66. The largest absolute Gasteiger partial charge is 0.368 e. The SMILES string of the molecule is Cl.Clc1ccc2c(N3CCN(C4CCN(Cc5ccccc5)CC4)CC3)ccnc2c1. The first-order chi connectivity index (χ1) is 14.8. The first-order valence-corrected chi connectivity index (χ1v) is 11.4. The van der Waals surface area contributed by atoms with Crippen LogP contribution in [0.4, 0.5) is 5.69 Å². The number of fused-ring (bicyclic) bond motifs is 1. The van der Waals surface area contributed by atoms with Gasteiger partial charge in [-0.15, -0.1) is 12.4 Å². The van der Waals surface area contributed by atoms with Crippen LogP contribution in [-0.4, -0.2) is 60.1 Å². The Morgan fingerprint density at radius 1 is 0.871 bits per heavy atom. The first-order valence-electron chi connectivity index (χ1n) is 11.1. The van der Waals surface area contributed by atoms with E-state index in [-0.39, 0.29) is 12.4 Å². The van der Waals surface area contributed by atoms with Crippen molar-refractivity contribution < 1.29 is 0 Å². The number of hydrogen-bond acceptors (Lipinski definition) is 4. The van der Waals surface area contributed by atoms with Crippen LogP contribution in [0.1, 0.15) is 18.4 Å². The number of pyridine rings is 1. The summed E-state index contributed by atoms with van der Waals surface area (Å²) in [6, 6.07) is 19.8. The topological polar surface area (TPSA) is 22.6 Å². The fraction of sp³-hybridized carbons (Fsp3) is 0.400. The molecule has 0 N–H and O–H groups in total. The summed E-state index contributed by atoms with van der Waals surface area (Å²) in [4.78, 5) is 12.3. The van der Waals surface area contributed by atoms with E-state index in [0.717, 1.165) is 49.3 Å². The van der Waals surface area contributed by atoms with Gasteiger partial charge in [0.05, 0.1) is 5.52 Å². The van der Waals surface area contributed by atoms with Crippen LogP contribution in [0.3, 0.4) is 0 Å². The smallest absolute Gasteiger partial charge is 0.0737 e. The van der Waals surface area contributed by atoms with Crippen molar-refractivity contribution in [3.05, 3.63) is 71.4 Å². The van der Waals surface area contributed by atoms with Gasteiger partial charge >= 0.3 is 0 Å². The third-order valence-corrected chi connectivity index (χ3v) is 6.89. The molecule has 2 saturated heterocycles. The van der Waals surface area contributed by atoms with E-state index in [1.807, 2.05) is 18.3 Å². The molecule has 2 aromatic carbocycles. The second kappa shape index (κ2) is 10.2. The van der Waals surface area contributed by atoms with Gasteiger partial charge in [0.15, 0.2) is 0 Å². The Morgan fingerprint density at radius 3 is 2.35 bits per heavy atom. The van der Waals surface area contributed by atoms with Gasteiger partial charge in [0.2, 0.25) is 0 Å². The lowest BCUT2D eigenvalue weighted by Gasteiger charge is -2.43. The van der Waals surface area contributed by atoms with Crippen LogP contribution >= 0.6 is 24.0 Å². The van der Waals surface area contributed by atoms with Crippen LogP contribution < -0.4 is 4.90 Å². The van der Waals surface area contributed by atoms with Crippen LogP contribution in [0.15, 0.2) is 60.8 Å². The number of halogens is 2. The molecule has 5 rings (SSSR count). The highest BCUT2D eigenvalue weighted by Crippen LogP contribution is 2.29. The van der Waals surface area contributed by atoms with Crippen molar-refractivity contribution in [2.24, 2.45) is 0 Å². The maximum atomic E-state index is 6.15. The number of rotatable bonds is 4. The Kier molecular flexibility index (Phi) is 7.34. The molecule has 6 heteroatoms. The standard InChI is InChI=1S/C25H29ClN4.ClH/c26-21-6-7-23-24(18-21)27-11-8-25(23)30-16-14-29(15-17-30)22-9-12-28(13-10-22)19-20-4-2-1-3-5-20;/h1-8,11,18,22H,9-10,12-17,19H2;1H. The lowest BCUT2D eigenvalue weighted by molar-refractivity contribution is 0.0999. The molecule has 0 saturated carbocycles. The van der Waals surface area contributed by atoms with E-state index in [1.54, 1.807) is 0 Å². The van der Waals surface area contributed by atoms with E-state index >= 15 is 0 Å². The minimum atomic E-state index is 0. The summed E-state index contributed by atoms with van der Waals surface area (Å²) in [6.07, 6.45) is 4.47. The van der Waals surface area contributed by atoms with Gasteiger partial charge in [-0.2, -0.15) is 0 Å². The number of benzene rings is 2. The molecule has 164 valence electrons. The zero-order valence-electron chi connectivity index (χ0n) is 17.8. The molecule has 2 fully saturated rings. The van der Waals surface area contributed by atoms with E-state index in [0.29, 0.717) is 0 Å². The number of hydrogen-bond donors (Lipinski definition) is 0. The minimum Gasteiger partial charge on any atom is -0.368 e. The van der Waals surface area contributed by atoms with Crippen molar-refractivity contribution in [3.63, 3.8) is 0 Å². The van der Waals surface area contributed by atoms with Crippen LogP contribution in [-0.2, 0) is 6.54 Å². The van der Waals surface area contributed by atoms with Crippen molar-refractivity contribution in [3.8, 4) is 0 Å². The summed E-state index contributed by atoms with van der Waals surface area (Å²) in [5.74, 6) is 0. The van der Waals surface area contributed by atoms with Gasteiger partial charge in [-0.25, -0.2) is 0 Å². The molecule has 0 unspecified atom stereocenters. The van der Waals surface area contributed by atoms with E-state index < -0.39 is 0 Å². The molecule has 0 radical (unpaired) electrons. The molecule has 2 aliphatic heterocycles. The van der Waals surface area contributed by atoms with Crippen molar-refractivity contribution >= 4 is 40.6 Å². The van der Waals surface area contributed by atoms with Crippen molar-refractivity contribution in [2.75, 3.05) is 44.2 Å². The molecule has 1 aromatic heterocycles. The fourth-order valence-electron chi connectivity index (χ4n) is 4.99. The molecule has 0 aliphatic carbocycles. The average Bonchev–Trinajstić information content (AvgIpc) is 2.80. The van der Waals surface area contributed by atoms with Crippen LogP contribution in [0, 0.1) is 0 Å². The summed E-state index contributed by atoms with van der Waals surface area (Å²) in [6.45, 7) is 7.92. The third kappa shape index (κ3) is 5.15. The average molecular weight is 457 g/mol. The summed E-state index contributed by atoms with van der Waals surface area (Å²) in [5.41, 5.74) is 3.69. The quantitative estimate of drug-likeness (QED) is 0.544. The minimum absolute atomic E-state index is 0. The second-order valence-corrected chi connectivity index (χ2v) is 8.94. The lowest BCUT2D eigenvalue weighted by atomic mass is 10.0. The van der Waals surface area contributed by atoms with Gasteiger partial charge in [0.1, 0.15) is 0 Å². The zero-order valence-corrected chi connectivity index (χ0v) is 19.4. The highest BCUT2D eigenvalue weighted by Gasteiger charge is 2.28. The van der Waals surface area contributed by atoms with Gasteiger partial charge in [-0.05, 0) is 55.8 Å². The van der Waals surface area contributed by atoms with Gasteiger partial charge in [-0.3, -0.25) is 14.8 Å². The molecular weight excluding hydrogens is 427 g/mol. The number of piperazine rings is 1. The highest BCUT2D eigenvalue weighted by atomic mass is 35.5. The molecule has 0 atom stereocenters. The Bertz CT molecular complexity index is 981. The molecule has 0 spiro atoms. The van der Waals surface area contributed by atoms with Crippen LogP contribution in [0.5, 0.6) is 0 Å². The molecular formula is C25H30Cl2N4. The number of anilines is 1. The highest BCUT2D eigenvalue weighted by molar-refractivity contribution is 6.31. The number of nitrogens with zero attached hydrogens (tertiary/aromatic N) is 4.